The van der Waals surface area contributed by atoms with Gasteiger partial charge in [0.25, 0.3) is 5.91 Å². The van der Waals surface area contributed by atoms with Gasteiger partial charge in [-0.15, -0.1) is 0 Å². The average molecular weight is 427 g/mol. The summed E-state index contributed by atoms with van der Waals surface area (Å²) < 4.78 is 12.2. The van der Waals surface area contributed by atoms with E-state index < -0.39 is 14.4 Å². The molecule has 1 aliphatic rings. The number of hydrogen-bond donors (Lipinski definition) is 0. The molecule has 162 valence electrons. The molecule has 0 aliphatic carbocycles. The first-order valence-corrected chi connectivity index (χ1v) is 12.9. The van der Waals surface area contributed by atoms with E-state index in [-0.39, 0.29) is 11.9 Å². The van der Waals surface area contributed by atoms with Gasteiger partial charge in [0.2, 0.25) is 8.32 Å². The molecule has 0 bridgehead atoms. The predicted molar refractivity (Wildman–Crippen MR) is 123 cm³/mol. The van der Waals surface area contributed by atoms with Crippen molar-refractivity contribution < 1.29 is 14.0 Å². The molecule has 1 saturated heterocycles. The van der Waals surface area contributed by atoms with Crippen LogP contribution in [0.25, 0.3) is 0 Å². The largest absolute Gasteiger partial charge is 0.497 e. The maximum atomic E-state index is 13.4. The van der Waals surface area contributed by atoms with Crippen molar-refractivity contribution in [1.82, 2.24) is 4.98 Å². The van der Waals surface area contributed by atoms with Gasteiger partial charge in [0.15, 0.2) is 0 Å². The summed E-state index contributed by atoms with van der Waals surface area (Å²) in [5, 5.41) is 0. The normalized spacial score (nSPS) is 19.5. The van der Waals surface area contributed by atoms with Crippen LogP contribution in [-0.2, 0) is 9.22 Å². The molecule has 0 radical (unpaired) electrons. The Morgan fingerprint density at radius 2 is 1.43 bits per heavy atom. The highest BCUT2D eigenvalue weighted by molar-refractivity contribution is 6.77. The Balaban J connectivity index is 2.00. The monoisotopic (exact) mass is 426 g/mol. The molecule has 6 heteroatoms. The minimum atomic E-state index is -2.21. The molecule has 30 heavy (non-hydrogen) atoms. The van der Waals surface area contributed by atoms with Crippen molar-refractivity contribution in [2.45, 2.75) is 70.3 Å². The first-order valence-electron chi connectivity index (χ1n) is 10.8. The van der Waals surface area contributed by atoms with E-state index in [4.69, 9.17) is 9.16 Å². The van der Waals surface area contributed by atoms with Crippen LogP contribution in [0.3, 0.4) is 0 Å². The number of benzene rings is 1. The standard InChI is InChI=1S/C24H34N2O3Si/c1-16(2)30(17(3)4,18(5)6)29-23-22(19-12-14-25-15-13-19)26(24(23)27)20-8-10-21(28-7)11-9-20/h8-18,22-23H,1-7H3. The van der Waals surface area contributed by atoms with E-state index in [2.05, 4.69) is 46.5 Å². The van der Waals surface area contributed by atoms with Crippen molar-refractivity contribution >= 4 is 19.9 Å². The molecule has 3 rings (SSSR count). The number of nitrogens with zero attached hydrogens (tertiary/aromatic N) is 2. The van der Waals surface area contributed by atoms with E-state index in [1.807, 2.05) is 41.3 Å². The van der Waals surface area contributed by atoms with E-state index in [9.17, 15) is 4.79 Å². The molecule has 1 aliphatic heterocycles. The second-order valence-electron chi connectivity index (χ2n) is 8.99. The fourth-order valence-corrected chi connectivity index (χ4v) is 10.6. The van der Waals surface area contributed by atoms with E-state index in [1.165, 1.54) is 0 Å². The summed E-state index contributed by atoms with van der Waals surface area (Å²) in [7, 11) is -0.565. The summed E-state index contributed by atoms with van der Waals surface area (Å²) in [5.74, 6) is 0.798. The molecule has 2 aromatic rings. The van der Waals surface area contributed by atoms with E-state index in [1.54, 1.807) is 19.5 Å². The number of aromatic nitrogens is 1. The van der Waals surface area contributed by atoms with Crippen molar-refractivity contribution in [3.63, 3.8) is 0 Å². The third-order valence-corrected chi connectivity index (χ3v) is 12.6. The zero-order chi connectivity index (χ0) is 22.1. The highest BCUT2D eigenvalue weighted by Gasteiger charge is 2.56. The van der Waals surface area contributed by atoms with Gasteiger partial charge in [-0.05, 0) is 58.6 Å². The summed E-state index contributed by atoms with van der Waals surface area (Å²) in [4.78, 5) is 19.4. The van der Waals surface area contributed by atoms with Gasteiger partial charge in [-0.25, -0.2) is 0 Å². The van der Waals surface area contributed by atoms with Crippen LogP contribution >= 0.6 is 0 Å². The first kappa shape index (κ1) is 22.5. The number of carbonyl (C=O) groups excluding carboxylic acids is 1. The van der Waals surface area contributed by atoms with Crippen LogP contribution in [-0.4, -0.2) is 32.4 Å². The summed E-state index contributed by atoms with van der Waals surface area (Å²) in [5.41, 5.74) is 3.15. The summed E-state index contributed by atoms with van der Waals surface area (Å²) in [6.07, 6.45) is 3.09. The van der Waals surface area contributed by atoms with Crippen molar-refractivity contribution in [3.8, 4) is 5.75 Å². The second kappa shape index (κ2) is 8.90. The maximum absolute atomic E-state index is 13.4. The van der Waals surface area contributed by atoms with Gasteiger partial charge in [0.1, 0.15) is 11.9 Å². The number of amides is 1. The Bertz CT molecular complexity index is 831. The van der Waals surface area contributed by atoms with Gasteiger partial charge in [0, 0.05) is 18.1 Å². The lowest BCUT2D eigenvalue weighted by molar-refractivity contribution is -0.136. The second-order valence-corrected chi connectivity index (χ2v) is 14.4. The van der Waals surface area contributed by atoms with Crippen LogP contribution in [0.15, 0.2) is 48.8 Å². The molecule has 1 aromatic carbocycles. The highest BCUT2D eigenvalue weighted by Crippen LogP contribution is 2.48. The molecule has 1 aromatic heterocycles. The zero-order valence-corrected chi connectivity index (χ0v) is 20.1. The minimum Gasteiger partial charge on any atom is -0.497 e. The Labute approximate surface area is 181 Å². The summed E-state index contributed by atoms with van der Waals surface area (Å²) in [6.45, 7) is 13.5. The Hall–Kier alpha value is -2.18. The smallest absolute Gasteiger partial charge is 0.258 e. The average Bonchev–Trinajstić information content (AvgIpc) is 2.72. The number of carbonyl (C=O) groups is 1. The number of hydrogen-bond acceptors (Lipinski definition) is 4. The van der Waals surface area contributed by atoms with Crippen LogP contribution in [0, 0.1) is 0 Å². The molecule has 0 saturated carbocycles. The lowest BCUT2D eigenvalue weighted by Gasteiger charge is -2.53. The maximum Gasteiger partial charge on any atom is 0.258 e. The number of ether oxygens (including phenoxy) is 1. The van der Waals surface area contributed by atoms with Crippen molar-refractivity contribution in [2.75, 3.05) is 12.0 Å². The summed E-state index contributed by atoms with van der Waals surface area (Å²) >= 11 is 0. The fraction of sp³-hybridized carbons (Fsp3) is 0.500. The molecule has 1 amide bonds. The molecule has 0 spiro atoms. The first-order chi connectivity index (χ1) is 14.2. The summed E-state index contributed by atoms with van der Waals surface area (Å²) in [6, 6.07) is 11.4. The Kier molecular flexibility index (Phi) is 6.67. The van der Waals surface area contributed by atoms with Gasteiger partial charge in [-0.1, -0.05) is 41.5 Å². The molecular weight excluding hydrogens is 392 g/mol. The third-order valence-electron chi connectivity index (χ3n) is 6.48. The lowest BCUT2D eigenvalue weighted by atomic mass is 9.90. The molecule has 5 nitrogen and oxygen atoms in total. The topological polar surface area (TPSA) is 51.7 Å². The van der Waals surface area contributed by atoms with Crippen molar-refractivity contribution in [2.24, 2.45) is 0 Å². The van der Waals surface area contributed by atoms with Gasteiger partial charge < -0.3 is 9.16 Å². The Morgan fingerprint density at radius 3 is 1.90 bits per heavy atom. The molecule has 2 unspecified atom stereocenters. The SMILES string of the molecule is COc1ccc(N2C(=O)C(O[Si](C(C)C)(C(C)C)C(C)C)C2c2ccncc2)cc1. The number of pyridine rings is 1. The Morgan fingerprint density at radius 1 is 0.900 bits per heavy atom. The molecule has 2 atom stereocenters. The third kappa shape index (κ3) is 3.78. The van der Waals surface area contributed by atoms with Crippen LogP contribution in [0.2, 0.25) is 16.6 Å². The predicted octanol–water partition coefficient (Wildman–Crippen LogP) is 5.74. The van der Waals surface area contributed by atoms with E-state index in [0.29, 0.717) is 16.6 Å². The quantitative estimate of drug-likeness (QED) is 0.399. The van der Waals surface area contributed by atoms with Crippen molar-refractivity contribution in [3.05, 3.63) is 54.4 Å². The number of β-lactam (4-membered cyclic amide) rings is 1. The van der Waals surface area contributed by atoms with Crippen LogP contribution in [0.5, 0.6) is 5.75 Å². The van der Waals surface area contributed by atoms with Crippen LogP contribution < -0.4 is 9.64 Å². The number of rotatable bonds is 8. The highest BCUT2D eigenvalue weighted by atomic mass is 28.4. The van der Waals surface area contributed by atoms with Crippen LogP contribution in [0.1, 0.15) is 53.1 Å². The molecular formula is C24H34N2O3Si. The molecule has 0 N–H and O–H groups in total. The van der Waals surface area contributed by atoms with E-state index >= 15 is 0 Å². The van der Waals surface area contributed by atoms with Gasteiger partial charge in [-0.3, -0.25) is 14.7 Å². The van der Waals surface area contributed by atoms with Crippen LogP contribution in [0.4, 0.5) is 5.69 Å². The lowest BCUT2D eigenvalue weighted by Crippen LogP contribution is -2.65. The zero-order valence-electron chi connectivity index (χ0n) is 19.1. The van der Waals surface area contributed by atoms with Gasteiger partial charge >= 0.3 is 0 Å². The van der Waals surface area contributed by atoms with E-state index in [0.717, 1.165) is 17.0 Å². The molecule has 2 heterocycles. The fourth-order valence-electron chi connectivity index (χ4n) is 5.12. The number of anilines is 1. The van der Waals surface area contributed by atoms with Gasteiger partial charge in [-0.2, -0.15) is 0 Å². The van der Waals surface area contributed by atoms with Gasteiger partial charge in [0.05, 0.1) is 13.2 Å². The molecule has 1 fully saturated rings. The van der Waals surface area contributed by atoms with Crippen molar-refractivity contribution in [1.29, 1.82) is 0 Å². The minimum absolute atomic E-state index is 0.0285. The number of methoxy groups -OCH3 is 1.